The van der Waals surface area contributed by atoms with Gasteiger partial charge in [-0.05, 0) is 58.4 Å². The van der Waals surface area contributed by atoms with Crippen molar-refractivity contribution in [2.75, 3.05) is 20.2 Å². The Hall–Kier alpha value is -2.28. The largest absolute Gasteiger partial charge is 0.444 e. The van der Waals surface area contributed by atoms with Gasteiger partial charge in [-0.3, -0.25) is 4.99 Å². The van der Waals surface area contributed by atoms with Crippen LogP contribution in [-0.2, 0) is 9.47 Å². The summed E-state index contributed by atoms with van der Waals surface area (Å²) in [7, 11) is 1.81. The SMILES string of the molecule is CN=C(NCC1CCOC1c1ccccc1)NC1CCC(NC(=O)OC(C)(C)C)CC1. The molecule has 172 valence electrons. The lowest BCUT2D eigenvalue weighted by molar-refractivity contribution is 0.0490. The zero-order chi connectivity index (χ0) is 22.3. The number of rotatable bonds is 5. The van der Waals surface area contributed by atoms with Crippen LogP contribution in [0.2, 0.25) is 0 Å². The van der Waals surface area contributed by atoms with Crippen LogP contribution in [-0.4, -0.2) is 49.9 Å². The van der Waals surface area contributed by atoms with Crippen molar-refractivity contribution >= 4 is 12.1 Å². The number of aliphatic imine (C=N–C) groups is 1. The van der Waals surface area contributed by atoms with Gasteiger partial charge in [-0.1, -0.05) is 30.3 Å². The van der Waals surface area contributed by atoms with Gasteiger partial charge in [-0.15, -0.1) is 0 Å². The van der Waals surface area contributed by atoms with Crippen LogP contribution in [0, 0.1) is 5.92 Å². The van der Waals surface area contributed by atoms with Gasteiger partial charge in [0.25, 0.3) is 0 Å². The van der Waals surface area contributed by atoms with Crippen LogP contribution >= 0.6 is 0 Å². The smallest absolute Gasteiger partial charge is 0.407 e. The summed E-state index contributed by atoms with van der Waals surface area (Å²) in [5, 5.41) is 10.0. The molecular formula is C24H38N4O3. The van der Waals surface area contributed by atoms with E-state index in [-0.39, 0.29) is 18.2 Å². The Bertz CT molecular complexity index is 724. The average molecular weight is 431 g/mol. The Balaban J connectivity index is 1.40. The van der Waals surface area contributed by atoms with Crippen molar-refractivity contribution in [3.63, 3.8) is 0 Å². The first-order valence-electron chi connectivity index (χ1n) is 11.5. The molecule has 2 fully saturated rings. The van der Waals surface area contributed by atoms with Crippen LogP contribution in [0.3, 0.4) is 0 Å². The zero-order valence-corrected chi connectivity index (χ0v) is 19.3. The van der Waals surface area contributed by atoms with E-state index in [2.05, 4.69) is 45.2 Å². The summed E-state index contributed by atoms with van der Waals surface area (Å²) in [5.74, 6) is 1.26. The highest BCUT2D eigenvalue weighted by atomic mass is 16.6. The Labute approximate surface area is 186 Å². The predicted molar refractivity (Wildman–Crippen MR) is 123 cm³/mol. The normalized spacial score (nSPS) is 26.9. The number of hydrogen-bond donors (Lipinski definition) is 3. The number of amides is 1. The molecule has 3 N–H and O–H groups in total. The van der Waals surface area contributed by atoms with Gasteiger partial charge >= 0.3 is 6.09 Å². The van der Waals surface area contributed by atoms with E-state index in [0.717, 1.165) is 51.2 Å². The van der Waals surface area contributed by atoms with E-state index in [9.17, 15) is 4.79 Å². The standard InChI is InChI=1S/C24H38N4O3/c1-24(2,3)31-23(29)28-20-12-10-19(11-13-20)27-22(25-4)26-16-18-14-15-30-21(18)17-8-6-5-7-9-17/h5-9,18-21H,10-16H2,1-4H3,(H,28,29)(H2,25,26,27). The van der Waals surface area contributed by atoms with Crippen LogP contribution < -0.4 is 16.0 Å². The molecule has 2 atom stereocenters. The maximum absolute atomic E-state index is 12.0. The molecule has 7 heteroatoms. The molecule has 2 unspecified atom stereocenters. The number of alkyl carbamates (subject to hydrolysis) is 1. The summed E-state index contributed by atoms with van der Waals surface area (Å²) in [5.41, 5.74) is 0.774. The topological polar surface area (TPSA) is 84.0 Å². The van der Waals surface area contributed by atoms with E-state index in [1.807, 2.05) is 33.9 Å². The molecule has 1 saturated carbocycles. The number of benzene rings is 1. The number of carbonyl (C=O) groups excluding carboxylic acids is 1. The number of carbonyl (C=O) groups is 1. The number of nitrogens with zero attached hydrogens (tertiary/aromatic N) is 1. The molecule has 1 amide bonds. The molecule has 0 spiro atoms. The van der Waals surface area contributed by atoms with Gasteiger partial charge in [-0.2, -0.15) is 0 Å². The monoisotopic (exact) mass is 430 g/mol. The molecule has 0 aromatic heterocycles. The second-order valence-corrected chi connectivity index (χ2v) is 9.54. The van der Waals surface area contributed by atoms with E-state index >= 15 is 0 Å². The maximum Gasteiger partial charge on any atom is 0.407 e. The van der Waals surface area contributed by atoms with E-state index < -0.39 is 5.60 Å². The number of hydrogen-bond acceptors (Lipinski definition) is 4. The van der Waals surface area contributed by atoms with E-state index in [1.165, 1.54) is 5.56 Å². The highest BCUT2D eigenvalue weighted by Gasteiger charge is 2.30. The van der Waals surface area contributed by atoms with Gasteiger partial charge in [-0.25, -0.2) is 4.79 Å². The minimum Gasteiger partial charge on any atom is -0.444 e. The van der Waals surface area contributed by atoms with Crippen LogP contribution in [0.1, 0.15) is 64.5 Å². The molecule has 1 heterocycles. The van der Waals surface area contributed by atoms with Crippen molar-refractivity contribution in [3.05, 3.63) is 35.9 Å². The lowest BCUT2D eigenvalue weighted by Crippen LogP contribution is -2.48. The first kappa shape index (κ1) is 23.4. The van der Waals surface area contributed by atoms with Crippen molar-refractivity contribution in [2.45, 2.75) is 76.7 Å². The third-order valence-corrected chi connectivity index (χ3v) is 5.89. The third kappa shape index (κ3) is 7.42. The van der Waals surface area contributed by atoms with Gasteiger partial charge in [0.05, 0.1) is 6.10 Å². The van der Waals surface area contributed by atoms with E-state index in [0.29, 0.717) is 12.0 Å². The molecule has 0 bridgehead atoms. The first-order valence-corrected chi connectivity index (χ1v) is 11.5. The number of guanidine groups is 1. The zero-order valence-electron chi connectivity index (χ0n) is 19.3. The van der Waals surface area contributed by atoms with Crippen molar-refractivity contribution in [1.29, 1.82) is 0 Å². The fourth-order valence-electron chi connectivity index (χ4n) is 4.33. The lowest BCUT2D eigenvalue weighted by Gasteiger charge is -2.31. The second kappa shape index (κ2) is 10.8. The van der Waals surface area contributed by atoms with E-state index in [1.54, 1.807) is 0 Å². The summed E-state index contributed by atoms with van der Waals surface area (Å²) in [6.07, 6.45) is 4.70. The molecule has 31 heavy (non-hydrogen) atoms. The molecule has 7 nitrogen and oxygen atoms in total. The quantitative estimate of drug-likeness (QED) is 0.489. The fraction of sp³-hybridized carbons (Fsp3) is 0.667. The molecule has 1 aromatic carbocycles. The summed E-state index contributed by atoms with van der Waals surface area (Å²) in [4.78, 5) is 16.4. The van der Waals surface area contributed by atoms with Crippen LogP contribution in [0.15, 0.2) is 35.3 Å². The lowest BCUT2D eigenvalue weighted by atomic mass is 9.91. The fourth-order valence-corrected chi connectivity index (χ4v) is 4.33. The number of nitrogens with one attached hydrogen (secondary N) is 3. The second-order valence-electron chi connectivity index (χ2n) is 9.54. The summed E-state index contributed by atoms with van der Waals surface area (Å²) in [6.45, 7) is 7.27. The molecule has 1 aliphatic heterocycles. The molecule has 3 rings (SSSR count). The minimum atomic E-state index is -0.467. The molecule has 1 aliphatic carbocycles. The summed E-state index contributed by atoms with van der Waals surface area (Å²) >= 11 is 0. The average Bonchev–Trinajstić information content (AvgIpc) is 3.20. The highest BCUT2D eigenvalue weighted by molar-refractivity contribution is 5.80. The van der Waals surface area contributed by atoms with Gasteiger partial charge in [0, 0.05) is 38.2 Å². The highest BCUT2D eigenvalue weighted by Crippen LogP contribution is 2.33. The van der Waals surface area contributed by atoms with Crippen molar-refractivity contribution < 1.29 is 14.3 Å². The first-order chi connectivity index (χ1) is 14.8. The van der Waals surface area contributed by atoms with Crippen molar-refractivity contribution in [2.24, 2.45) is 10.9 Å². The van der Waals surface area contributed by atoms with Crippen molar-refractivity contribution in [3.8, 4) is 0 Å². The van der Waals surface area contributed by atoms with Crippen LogP contribution in [0.25, 0.3) is 0 Å². The molecule has 2 aliphatic rings. The Kier molecular flexibility index (Phi) is 8.18. The number of ether oxygens (including phenoxy) is 2. The molecule has 1 saturated heterocycles. The van der Waals surface area contributed by atoms with Gasteiger partial charge in [0.2, 0.25) is 0 Å². The van der Waals surface area contributed by atoms with Gasteiger partial charge < -0.3 is 25.4 Å². The van der Waals surface area contributed by atoms with Crippen LogP contribution in [0.5, 0.6) is 0 Å². The molecule has 1 aromatic rings. The molecule has 0 radical (unpaired) electrons. The van der Waals surface area contributed by atoms with Gasteiger partial charge in [0.15, 0.2) is 5.96 Å². The van der Waals surface area contributed by atoms with Crippen LogP contribution in [0.4, 0.5) is 4.79 Å². The predicted octanol–water partition coefficient (Wildman–Crippen LogP) is 3.77. The molecular weight excluding hydrogens is 392 g/mol. The Morgan fingerprint density at radius 1 is 1.06 bits per heavy atom. The minimum absolute atomic E-state index is 0.140. The Morgan fingerprint density at radius 2 is 1.71 bits per heavy atom. The Morgan fingerprint density at radius 3 is 2.32 bits per heavy atom. The van der Waals surface area contributed by atoms with Gasteiger partial charge in [0.1, 0.15) is 5.60 Å². The summed E-state index contributed by atoms with van der Waals surface area (Å²) in [6, 6.07) is 11.0. The third-order valence-electron chi connectivity index (χ3n) is 5.89. The summed E-state index contributed by atoms with van der Waals surface area (Å²) < 4.78 is 11.4. The van der Waals surface area contributed by atoms with Crippen molar-refractivity contribution in [1.82, 2.24) is 16.0 Å². The maximum atomic E-state index is 12.0. The van der Waals surface area contributed by atoms with E-state index in [4.69, 9.17) is 9.47 Å².